The van der Waals surface area contributed by atoms with Crippen molar-refractivity contribution >= 4 is 37.5 Å². The Hall–Kier alpha value is -1.44. The van der Waals surface area contributed by atoms with Crippen molar-refractivity contribution in [1.29, 1.82) is 0 Å². The summed E-state index contributed by atoms with van der Waals surface area (Å²) >= 11 is 6.12. The lowest BCUT2D eigenvalue weighted by atomic mass is 9.63. The van der Waals surface area contributed by atoms with Gasteiger partial charge in [-0.3, -0.25) is 14.5 Å². The van der Waals surface area contributed by atoms with Crippen molar-refractivity contribution in [2.45, 2.75) is 89.6 Å². The van der Waals surface area contributed by atoms with Crippen molar-refractivity contribution in [1.82, 2.24) is 4.98 Å². The van der Waals surface area contributed by atoms with Crippen LogP contribution in [0.2, 0.25) is 23.3 Å². The van der Waals surface area contributed by atoms with Gasteiger partial charge < -0.3 is 9.16 Å². The summed E-state index contributed by atoms with van der Waals surface area (Å²) < 4.78 is 12.0. The molecule has 3 rings (SSSR count). The standard InChI is InChI=1S/C22H33ClN2O4Si/c1-20(2,3)28-18(26)13-25-16-9-17(23)24-12-15(16)22(19(25)27)10-14(11-22)29-30(7,8)21(4,5)6/h9,12,14H,10-11,13H2,1-8H3. The van der Waals surface area contributed by atoms with E-state index in [1.807, 2.05) is 20.8 Å². The topological polar surface area (TPSA) is 68.7 Å². The largest absolute Gasteiger partial charge is 0.459 e. The number of pyridine rings is 1. The second kappa shape index (κ2) is 7.31. The lowest BCUT2D eigenvalue weighted by Crippen LogP contribution is -2.57. The molecule has 0 aromatic carbocycles. The van der Waals surface area contributed by atoms with Gasteiger partial charge in [0.25, 0.3) is 0 Å². The van der Waals surface area contributed by atoms with Crippen LogP contribution in [0.5, 0.6) is 0 Å². The van der Waals surface area contributed by atoms with Crippen molar-refractivity contribution in [3.8, 4) is 0 Å². The number of esters is 1. The quantitative estimate of drug-likeness (QED) is 0.371. The smallest absolute Gasteiger partial charge is 0.326 e. The molecular formula is C22H33ClN2O4Si. The number of ether oxygens (including phenoxy) is 1. The van der Waals surface area contributed by atoms with E-state index in [-0.39, 0.29) is 23.6 Å². The lowest BCUT2D eigenvalue weighted by Gasteiger charge is -2.49. The number of carbonyl (C=O) groups excluding carboxylic acids is 2. The fraction of sp³-hybridized carbons (Fsp3) is 0.682. The summed E-state index contributed by atoms with van der Waals surface area (Å²) in [6, 6.07) is 1.66. The van der Waals surface area contributed by atoms with Crippen LogP contribution in [0.4, 0.5) is 5.69 Å². The van der Waals surface area contributed by atoms with E-state index in [9.17, 15) is 9.59 Å². The Morgan fingerprint density at radius 3 is 2.40 bits per heavy atom. The maximum atomic E-state index is 13.5. The zero-order valence-electron chi connectivity index (χ0n) is 19.3. The molecule has 2 heterocycles. The highest BCUT2D eigenvalue weighted by atomic mass is 35.5. The van der Waals surface area contributed by atoms with Gasteiger partial charge in [0.05, 0.1) is 11.1 Å². The second-order valence-corrected chi connectivity index (χ2v) is 16.1. The van der Waals surface area contributed by atoms with Crippen LogP contribution in [0.25, 0.3) is 0 Å². The number of hydrogen-bond acceptors (Lipinski definition) is 5. The Bertz CT molecular complexity index is 867. The highest BCUT2D eigenvalue weighted by molar-refractivity contribution is 6.74. The summed E-state index contributed by atoms with van der Waals surface area (Å²) in [7, 11) is -1.93. The van der Waals surface area contributed by atoms with Crippen LogP contribution < -0.4 is 4.90 Å². The number of rotatable bonds is 4. The van der Waals surface area contributed by atoms with Crippen LogP contribution in [0.3, 0.4) is 0 Å². The van der Waals surface area contributed by atoms with Crippen LogP contribution in [-0.4, -0.2) is 43.4 Å². The minimum atomic E-state index is -1.93. The van der Waals surface area contributed by atoms with Gasteiger partial charge in [-0.1, -0.05) is 32.4 Å². The third kappa shape index (κ3) is 4.16. The number of hydrogen-bond donors (Lipinski definition) is 0. The molecule has 6 nitrogen and oxygen atoms in total. The molecule has 1 amide bonds. The van der Waals surface area contributed by atoms with Gasteiger partial charge >= 0.3 is 5.97 Å². The molecule has 8 heteroatoms. The normalized spacial score (nSPS) is 24.1. The Labute approximate surface area is 185 Å². The molecule has 30 heavy (non-hydrogen) atoms. The monoisotopic (exact) mass is 452 g/mol. The van der Waals surface area contributed by atoms with Crippen molar-refractivity contribution < 1.29 is 18.8 Å². The molecule has 1 aromatic rings. The van der Waals surface area contributed by atoms with E-state index in [1.54, 1.807) is 12.3 Å². The molecule has 0 atom stereocenters. The summed E-state index contributed by atoms with van der Waals surface area (Å²) in [6.07, 6.45) is 2.89. The predicted octanol–water partition coefficient (Wildman–Crippen LogP) is 4.85. The number of nitrogens with zero attached hydrogens (tertiary/aromatic N) is 2. The Morgan fingerprint density at radius 1 is 1.27 bits per heavy atom. The molecule has 166 valence electrons. The first-order valence-electron chi connectivity index (χ1n) is 10.4. The molecular weight excluding hydrogens is 420 g/mol. The van der Waals surface area contributed by atoms with E-state index in [0.29, 0.717) is 23.7 Å². The zero-order chi connectivity index (χ0) is 22.7. The molecule has 1 aliphatic heterocycles. The highest BCUT2D eigenvalue weighted by Crippen LogP contribution is 2.55. The number of halogens is 1. The third-order valence-corrected chi connectivity index (χ3v) is 11.2. The van der Waals surface area contributed by atoms with Crippen LogP contribution in [0.15, 0.2) is 12.3 Å². The zero-order valence-corrected chi connectivity index (χ0v) is 21.0. The Kier molecular flexibility index (Phi) is 5.66. The maximum Gasteiger partial charge on any atom is 0.326 e. The van der Waals surface area contributed by atoms with Crippen LogP contribution in [-0.2, 0) is 24.2 Å². The fourth-order valence-corrected chi connectivity index (χ4v) is 5.45. The van der Waals surface area contributed by atoms with Crippen LogP contribution >= 0.6 is 11.6 Å². The first-order valence-corrected chi connectivity index (χ1v) is 13.7. The summed E-state index contributed by atoms with van der Waals surface area (Å²) in [5, 5.41) is 0.395. The summed E-state index contributed by atoms with van der Waals surface area (Å²) in [5.41, 5.74) is 0.170. The summed E-state index contributed by atoms with van der Waals surface area (Å²) in [6.45, 7) is 16.3. The van der Waals surface area contributed by atoms with Gasteiger partial charge in [-0.15, -0.1) is 0 Å². The molecule has 0 saturated heterocycles. The average Bonchev–Trinajstić information content (AvgIpc) is 2.74. The molecule has 0 bridgehead atoms. The molecule has 0 unspecified atom stereocenters. The number of aromatic nitrogens is 1. The Morgan fingerprint density at radius 2 is 1.87 bits per heavy atom. The van der Waals surface area contributed by atoms with Gasteiger partial charge in [0.1, 0.15) is 17.3 Å². The SMILES string of the molecule is CC(C)(C)OC(=O)CN1C(=O)C2(CC(O[Si](C)(C)C(C)(C)C)C2)c2cnc(Cl)cc21. The van der Waals surface area contributed by atoms with Gasteiger partial charge in [-0.2, -0.15) is 0 Å². The molecule has 1 spiro atoms. The molecule has 1 saturated carbocycles. The van der Waals surface area contributed by atoms with E-state index < -0.39 is 25.3 Å². The molecule has 1 fully saturated rings. The van der Waals surface area contributed by atoms with E-state index in [2.05, 4.69) is 38.8 Å². The summed E-state index contributed by atoms with van der Waals surface area (Å²) in [4.78, 5) is 31.7. The van der Waals surface area contributed by atoms with E-state index in [4.69, 9.17) is 20.8 Å². The number of fused-ring (bicyclic) bond motifs is 2. The van der Waals surface area contributed by atoms with E-state index in [1.165, 1.54) is 4.90 Å². The second-order valence-electron chi connectivity index (χ2n) is 11.0. The van der Waals surface area contributed by atoms with Crippen LogP contribution in [0.1, 0.15) is 59.9 Å². The van der Waals surface area contributed by atoms with Gasteiger partial charge in [0, 0.05) is 17.9 Å². The van der Waals surface area contributed by atoms with Gasteiger partial charge in [0.15, 0.2) is 8.32 Å². The highest BCUT2D eigenvalue weighted by Gasteiger charge is 2.60. The van der Waals surface area contributed by atoms with E-state index >= 15 is 0 Å². The number of amides is 1. The van der Waals surface area contributed by atoms with Gasteiger partial charge in [-0.25, -0.2) is 4.98 Å². The van der Waals surface area contributed by atoms with Crippen molar-refractivity contribution in [3.05, 3.63) is 23.0 Å². The van der Waals surface area contributed by atoms with Crippen molar-refractivity contribution in [3.63, 3.8) is 0 Å². The first kappa shape index (κ1) is 23.2. The fourth-order valence-electron chi connectivity index (χ4n) is 3.94. The van der Waals surface area contributed by atoms with Gasteiger partial charge in [0.2, 0.25) is 5.91 Å². The molecule has 2 aliphatic rings. The molecule has 1 aliphatic carbocycles. The number of carbonyl (C=O) groups is 2. The van der Waals surface area contributed by atoms with Crippen molar-refractivity contribution in [2.75, 3.05) is 11.4 Å². The minimum Gasteiger partial charge on any atom is -0.459 e. The maximum absolute atomic E-state index is 13.5. The Balaban J connectivity index is 1.83. The number of anilines is 1. The summed E-state index contributed by atoms with van der Waals surface area (Å²) in [5.74, 6) is -0.539. The van der Waals surface area contributed by atoms with E-state index in [0.717, 1.165) is 5.56 Å². The van der Waals surface area contributed by atoms with Crippen LogP contribution in [0, 0.1) is 0 Å². The minimum absolute atomic E-state index is 0.0276. The predicted molar refractivity (Wildman–Crippen MR) is 120 cm³/mol. The average molecular weight is 453 g/mol. The molecule has 0 radical (unpaired) electrons. The molecule has 0 N–H and O–H groups in total. The third-order valence-electron chi connectivity index (χ3n) is 6.44. The molecule has 1 aromatic heterocycles. The first-order chi connectivity index (χ1) is 13.6. The lowest BCUT2D eigenvalue weighted by molar-refractivity contribution is -0.154. The van der Waals surface area contributed by atoms with Crippen molar-refractivity contribution in [2.24, 2.45) is 0 Å². The van der Waals surface area contributed by atoms with Gasteiger partial charge in [-0.05, 0) is 57.8 Å².